The lowest BCUT2D eigenvalue weighted by Crippen LogP contribution is -2.41. The van der Waals surface area contributed by atoms with Gasteiger partial charge >= 0.3 is 0 Å². The first-order chi connectivity index (χ1) is 12.8. The van der Waals surface area contributed by atoms with Crippen molar-refractivity contribution in [3.05, 3.63) is 60.7 Å². The number of amides is 1. The average Bonchev–Trinajstić information content (AvgIpc) is 2.70. The second kappa shape index (κ2) is 7.66. The van der Waals surface area contributed by atoms with E-state index >= 15 is 0 Å². The first-order valence-electron chi connectivity index (χ1n) is 8.42. The molecule has 1 amide bonds. The van der Waals surface area contributed by atoms with E-state index in [2.05, 4.69) is 10.3 Å². The van der Waals surface area contributed by atoms with E-state index in [0.717, 1.165) is 21.7 Å². The van der Waals surface area contributed by atoms with Gasteiger partial charge in [0.1, 0.15) is 12.7 Å². The van der Waals surface area contributed by atoms with Crippen LogP contribution in [0.5, 0.6) is 11.5 Å². The minimum absolute atomic E-state index is 0.0487. The van der Waals surface area contributed by atoms with Crippen molar-refractivity contribution >= 4 is 28.6 Å². The molecule has 1 N–H and O–H groups in total. The number of carbonyl (C=O) groups excluding carboxylic acids is 1. The third-order valence-electron chi connectivity index (χ3n) is 4.02. The summed E-state index contributed by atoms with van der Waals surface area (Å²) in [5, 5.41) is 4.83. The first-order valence-corrected chi connectivity index (χ1v) is 9.40. The van der Waals surface area contributed by atoms with E-state index in [-0.39, 0.29) is 12.0 Å². The van der Waals surface area contributed by atoms with Gasteiger partial charge in [-0.05, 0) is 24.3 Å². The fourth-order valence-electron chi connectivity index (χ4n) is 2.71. The van der Waals surface area contributed by atoms with E-state index in [0.29, 0.717) is 24.7 Å². The second-order valence-corrected chi connectivity index (χ2v) is 6.93. The van der Waals surface area contributed by atoms with Gasteiger partial charge in [-0.15, -0.1) is 0 Å². The van der Waals surface area contributed by atoms with Crippen LogP contribution in [0.2, 0.25) is 0 Å². The number of pyridine rings is 1. The quantitative estimate of drug-likeness (QED) is 0.702. The molecule has 0 saturated carbocycles. The summed E-state index contributed by atoms with van der Waals surface area (Å²) >= 11 is 1.42. The molecule has 132 valence electrons. The molecular weight excluding hydrogens is 348 g/mol. The molecule has 0 aliphatic carbocycles. The van der Waals surface area contributed by atoms with E-state index in [1.807, 2.05) is 60.7 Å². The maximum Gasteiger partial charge on any atom is 0.230 e. The van der Waals surface area contributed by atoms with Gasteiger partial charge in [-0.2, -0.15) is 0 Å². The molecule has 5 nitrogen and oxygen atoms in total. The number of carbonyl (C=O) groups is 1. The predicted molar refractivity (Wildman–Crippen MR) is 102 cm³/mol. The number of nitrogens with zero attached hydrogens (tertiary/aromatic N) is 1. The zero-order valence-electron chi connectivity index (χ0n) is 14.1. The highest BCUT2D eigenvalue weighted by Crippen LogP contribution is 2.30. The molecule has 6 heteroatoms. The molecule has 4 rings (SSSR count). The Morgan fingerprint density at radius 2 is 1.88 bits per heavy atom. The van der Waals surface area contributed by atoms with Crippen molar-refractivity contribution in [3.63, 3.8) is 0 Å². The summed E-state index contributed by atoms with van der Waals surface area (Å²) in [6.45, 7) is 0.843. The van der Waals surface area contributed by atoms with Crippen molar-refractivity contribution in [2.45, 2.75) is 11.1 Å². The lowest BCUT2D eigenvalue weighted by atomic mass is 10.2. The van der Waals surface area contributed by atoms with E-state index in [1.165, 1.54) is 11.8 Å². The molecule has 26 heavy (non-hydrogen) atoms. The summed E-state index contributed by atoms with van der Waals surface area (Å²) in [6, 6.07) is 19.4. The molecule has 0 bridgehead atoms. The Bertz CT molecular complexity index is 932. The first kappa shape index (κ1) is 16.7. The highest BCUT2D eigenvalue weighted by molar-refractivity contribution is 7.99. The van der Waals surface area contributed by atoms with Crippen LogP contribution in [0.4, 0.5) is 0 Å². The molecular formula is C20H18N2O3S. The number of para-hydroxylation sites is 3. The molecule has 2 heterocycles. The van der Waals surface area contributed by atoms with Crippen LogP contribution >= 0.6 is 11.8 Å². The molecule has 1 aliphatic rings. The van der Waals surface area contributed by atoms with Gasteiger partial charge in [0.25, 0.3) is 0 Å². The van der Waals surface area contributed by atoms with Crippen LogP contribution in [0.15, 0.2) is 65.7 Å². The molecule has 1 aromatic heterocycles. The van der Waals surface area contributed by atoms with Gasteiger partial charge in [0, 0.05) is 5.39 Å². The Labute approximate surface area is 155 Å². The minimum Gasteiger partial charge on any atom is -0.486 e. The summed E-state index contributed by atoms with van der Waals surface area (Å²) < 4.78 is 11.5. The fourth-order valence-corrected chi connectivity index (χ4v) is 3.42. The lowest BCUT2D eigenvalue weighted by molar-refractivity contribution is -0.119. The third-order valence-corrected chi connectivity index (χ3v) is 4.95. The predicted octanol–water partition coefficient (Wildman–Crippen LogP) is 3.28. The third kappa shape index (κ3) is 3.91. The fraction of sp³-hybridized carbons (Fsp3) is 0.200. The molecule has 0 spiro atoms. The highest BCUT2D eigenvalue weighted by atomic mass is 32.2. The van der Waals surface area contributed by atoms with Crippen LogP contribution in [0, 0.1) is 0 Å². The highest BCUT2D eigenvalue weighted by Gasteiger charge is 2.21. The minimum atomic E-state index is -0.183. The SMILES string of the molecule is O=C(CSc1ccc2ccccc2n1)NC[C@H]1COc2ccccc2O1. The number of hydrogen-bond donors (Lipinski definition) is 1. The normalized spacial score (nSPS) is 15.6. The molecule has 1 aliphatic heterocycles. The van der Waals surface area contributed by atoms with Crippen LogP contribution in [-0.4, -0.2) is 35.9 Å². The van der Waals surface area contributed by atoms with Gasteiger partial charge in [0.2, 0.25) is 5.91 Å². The molecule has 0 unspecified atom stereocenters. The average molecular weight is 366 g/mol. The van der Waals surface area contributed by atoms with E-state index in [9.17, 15) is 4.79 Å². The number of benzene rings is 2. The molecule has 1 atom stereocenters. The van der Waals surface area contributed by atoms with Crippen LogP contribution in [0.3, 0.4) is 0 Å². The standard InChI is InChI=1S/C20H18N2O3S/c23-19(13-26-20-10-9-14-5-1-2-6-16(14)22-20)21-11-15-12-24-17-7-3-4-8-18(17)25-15/h1-10,15H,11-13H2,(H,21,23)/t15-/m0/s1. The summed E-state index contributed by atoms with van der Waals surface area (Å²) in [5.41, 5.74) is 0.935. The molecule has 0 radical (unpaired) electrons. The number of aromatic nitrogens is 1. The van der Waals surface area contributed by atoms with Crippen LogP contribution in [-0.2, 0) is 4.79 Å². The van der Waals surface area contributed by atoms with Crippen LogP contribution in [0.1, 0.15) is 0 Å². The Kier molecular flexibility index (Phi) is 4.93. The Balaban J connectivity index is 1.26. The number of rotatable bonds is 5. The van der Waals surface area contributed by atoms with Crippen molar-refractivity contribution in [2.24, 2.45) is 0 Å². The number of fused-ring (bicyclic) bond motifs is 2. The number of hydrogen-bond acceptors (Lipinski definition) is 5. The topological polar surface area (TPSA) is 60.5 Å². The van der Waals surface area contributed by atoms with Gasteiger partial charge in [0.05, 0.1) is 22.8 Å². The Morgan fingerprint density at radius 3 is 2.81 bits per heavy atom. The maximum absolute atomic E-state index is 12.1. The van der Waals surface area contributed by atoms with Gasteiger partial charge < -0.3 is 14.8 Å². The second-order valence-electron chi connectivity index (χ2n) is 5.93. The van der Waals surface area contributed by atoms with Crippen molar-refractivity contribution in [1.82, 2.24) is 10.3 Å². The van der Waals surface area contributed by atoms with E-state index < -0.39 is 0 Å². The van der Waals surface area contributed by atoms with Crippen molar-refractivity contribution < 1.29 is 14.3 Å². The number of thioether (sulfide) groups is 1. The number of nitrogens with one attached hydrogen (secondary N) is 1. The smallest absolute Gasteiger partial charge is 0.230 e. The van der Waals surface area contributed by atoms with Gasteiger partial charge in [-0.25, -0.2) is 4.98 Å². The van der Waals surface area contributed by atoms with Gasteiger partial charge in [-0.3, -0.25) is 4.79 Å². The van der Waals surface area contributed by atoms with Crippen LogP contribution in [0.25, 0.3) is 10.9 Å². The zero-order chi connectivity index (χ0) is 17.8. The molecule has 0 fully saturated rings. The van der Waals surface area contributed by atoms with Crippen LogP contribution < -0.4 is 14.8 Å². The van der Waals surface area contributed by atoms with E-state index in [1.54, 1.807) is 0 Å². The Hall–Kier alpha value is -2.73. The molecule has 3 aromatic rings. The monoisotopic (exact) mass is 366 g/mol. The molecule has 2 aromatic carbocycles. The lowest BCUT2D eigenvalue weighted by Gasteiger charge is -2.26. The summed E-state index contributed by atoms with van der Waals surface area (Å²) in [7, 11) is 0. The van der Waals surface area contributed by atoms with Crippen molar-refractivity contribution in [2.75, 3.05) is 18.9 Å². The van der Waals surface area contributed by atoms with Crippen molar-refractivity contribution in [3.8, 4) is 11.5 Å². The molecule has 0 saturated heterocycles. The summed E-state index contributed by atoms with van der Waals surface area (Å²) in [6.07, 6.45) is -0.183. The van der Waals surface area contributed by atoms with Crippen molar-refractivity contribution in [1.29, 1.82) is 0 Å². The van der Waals surface area contributed by atoms with Gasteiger partial charge in [-0.1, -0.05) is 48.2 Å². The maximum atomic E-state index is 12.1. The summed E-state index contributed by atoms with van der Waals surface area (Å²) in [4.78, 5) is 16.7. The van der Waals surface area contributed by atoms with Gasteiger partial charge in [0.15, 0.2) is 11.5 Å². The Morgan fingerprint density at radius 1 is 1.08 bits per heavy atom. The van der Waals surface area contributed by atoms with E-state index in [4.69, 9.17) is 9.47 Å². The summed E-state index contributed by atoms with van der Waals surface area (Å²) in [5.74, 6) is 1.73. The largest absolute Gasteiger partial charge is 0.486 e. The number of ether oxygens (including phenoxy) is 2. The zero-order valence-corrected chi connectivity index (χ0v) is 14.9.